The summed E-state index contributed by atoms with van der Waals surface area (Å²) in [6.45, 7) is 12.3. The van der Waals surface area contributed by atoms with E-state index in [1.807, 2.05) is 25.1 Å². The third-order valence-electron chi connectivity index (χ3n) is 11.1. The number of alkyl halides is 3. The van der Waals surface area contributed by atoms with Crippen molar-refractivity contribution in [1.29, 1.82) is 5.26 Å². The number of benzene rings is 3. The van der Waals surface area contributed by atoms with Gasteiger partial charge in [0.2, 0.25) is 17.7 Å². The lowest BCUT2D eigenvalue weighted by Gasteiger charge is -2.44. The Labute approximate surface area is 347 Å². The maximum absolute atomic E-state index is 13.8. The molecule has 3 saturated heterocycles. The van der Waals surface area contributed by atoms with Gasteiger partial charge in [-0.3, -0.25) is 39.2 Å². The van der Waals surface area contributed by atoms with Gasteiger partial charge in [-0.25, -0.2) is 0 Å². The first-order valence-corrected chi connectivity index (χ1v) is 20.1. The number of ether oxygens (including phenoxy) is 1. The second kappa shape index (κ2) is 17.5. The number of hydrogen-bond acceptors (Lipinski definition) is 11. The maximum Gasteiger partial charge on any atom is 0.417 e. The molecule has 2 unspecified atom stereocenters. The zero-order valence-electron chi connectivity index (χ0n) is 33.6. The summed E-state index contributed by atoms with van der Waals surface area (Å²) in [6.07, 6.45) is -3.50. The Morgan fingerprint density at radius 2 is 1.71 bits per heavy atom. The topological polar surface area (TPSA) is 150 Å². The monoisotopic (exact) mass is 834 g/mol. The Kier molecular flexibility index (Phi) is 12.8. The fraction of sp³-hybridized carbons (Fsp3) is 0.452. The van der Waals surface area contributed by atoms with Gasteiger partial charge in [-0.1, -0.05) is 13.0 Å². The van der Waals surface area contributed by atoms with E-state index in [-0.39, 0.29) is 48.5 Å². The Bertz CT molecular complexity index is 2130. The van der Waals surface area contributed by atoms with Gasteiger partial charge in [-0.15, -0.1) is 12.6 Å². The quantitative estimate of drug-likeness (QED) is 0.134. The molecule has 0 aliphatic carbocycles. The SMILES string of the molecule is CCc1cc(N2C(S)N(c3ccc(C#N)c(C(F)(F)F)c3)C(=O)C2(C)C)ccc1OCCN1C[C@@H](C)N(CC(=O)Nc2cccc(NC3CCC(=O)NC3=O)c2)[C@@H](C)C1. The molecule has 6 rings (SSSR count). The molecule has 3 fully saturated rings. The van der Waals surface area contributed by atoms with Crippen LogP contribution in [0, 0.1) is 11.3 Å². The highest BCUT2D eigenvalue weighted by Crippen LogP contribution is 2.43. The van der Waals surface area contributed by atoms with Crippen LogP contribution < -0.4 is 30.5 Å². The molecule has 0 saturated carbocycles. The number of thiol groups is 1. The van der Waals surface area contributed by atoms with Gasteiger partial charge in [0.05, 0.1) is 23.7 Å². The van der Waals surface area contributed by atoms with Gasteiger partial charge < -0.3 is 20.3 Å². The van der Waals surface area contributed by atoms with E-state index < -0.39 is 40.3 Å². The van der Waals surface area contributed by atoms with E-state index in [1.54, 1.807) is 49.1 Å². The van der Waals surface area contributed by atoms with Crippen molar-refractivity contribution >= 4 is 59.0 Å². The first kappa shape index (κ1) is 43.3. The summed E-state index contributed by atoms with van der Waals surface area (Å²) >= 11 is 4.73. The number of nitrogens with zero attached hydrogens (tertiary/aromatic N) is 5. The van der Waals surface area contributed by atoms with E-state index in [0.29, 0.717) is 48.8 Å². The largest absolute Gasteiger partial charge is 0.492 e. The number of halogens is 3. The van der Waals surface area contributed by atoms with Crippen molar-refractivity contribution in [2.45, 2.75) is 89.2 Å². The molecule has 3 aliphatic heterocycles. The normalized spacial score (nSPS) is 22.5. The Balaban J connectivity index is 1.03. The smallest absolute Gasteiger partial charge is 0.417 e. The van der Waals surface area contributed by atoms with Crippen LogP contribution in [0.3, 0.4) is 0 Å². The fourth-order valence-electron chi connectivity index (χ4n) is 8.09. The van der Waals surface area contributed by atoms with E-state index >= 15 is 0 Å². The van der Waals surface area contributed by atoms with Gasteiger partial charge >= 0.3 is 6.18 Å². The predicted molar refractivity (Wildman–Crippen MR) is 221 cm³/mol. The van der Waals surface area contributed by atoms with Crippen LogP contribution in [0.4, 0.5) is 35.9 Å². The number of carbonyl (C=O) groups excluding carboxylic acids is 4. The van der Waals surface area contributed by atoms with Crippen LogP contribution in [-0.4, -0.2) is 95.4 Å². The molecule has 0 spiro atoms. The molecule has 3 aliphatic rings. The van der Waals surface area contributed by atoms with Crippen molar-refractivity contribution in [3.63, 3.8) is 0 Å². The number of carbonyl (C=O) groups is 4. The molecular weight excluding hydrogens is 786 g/mol. The minimum Gasteiger partial charge on any atom is -0.492 e. The minimum absolute atomic E-state index is 0.0100. The average molecular weight is 835 g/mol. The van der Waals surface area contributed by atoms with Crippen molar-refractivity contribution in [2.75, 3.05) is 53.2 Å². The van der Waals surface area contributed by atoms with E-state index in [2.05, 4.69) is 39.6 Å². The minimum atomic E-state index is -4.78. The summed E-state index contributed by atoms with van der Waals surface area (Å²) in [4.78, 5) is 58.0. The van der Waals surface area contributed by atoms with Crippen LogP contribution in [0.1, 0.15) is 64.2 Å². The molecule has 17 heteroatoms. The van der Waals surface area contributed by atoms with E-state index in [4.69, 9.17) is 17.4 Å². The zero-order valence-corrected chi connectivity index (χ0v) is 34.5. The summed E-state index contributed by atoms with van der Waals surface area (Å²) in [6, 6.07) is 17.1. The number of anilines is 4. The van der Waals surface area contributed by atoms with Crippen LogP contribution in [0.5, 0.6) is 5.75 Å². The average Bonchev–Trinajstić information content (AvgIpc) is 3.35. The number of aryl methyl sites for hydroxylation is 1. The molecule has 3 N–H and O–H groups in total. The molecular formula is C42H49F3N8O5S. The van der Waals surface area contributed by atoms with E-state index in [1.165, 1.54) is 11.0 Å². The molecule has 13 nitrogen and oxygen atoms in total. The zero-order chi connectivity index (χ0) is 42.8. The third-order valence-corrected chi connectivity index (χ3v) is 11.6. The highest BCUT2D eigenvalue weighted by atomic mass is 32.1. The van der Waals surface area contributed by atoms with Crippen LogP contribution >= 0.6 is 12.6 Å². The van der Waals surface area contributed by atoms with Gasteiger partial charge in [0.25, 0.3) is 5.91 Å². The van der Waals surface area contributed by atoms with Gasteiger partial charge in [-0.05, 0) is 101 Å². The first-order valence-electron chi connectivity index (χ1n) is 19.6. The van der Waals surface area contributed by atoms with Crippen molar-refractivity contribution in [1.82, 2.24) is 15.1 Å². The molecule has 3 aromatic rings. The lowest BCUT2D eigenvalue weighted by Crippen LogP contribution is -2.58. The molecule has 59 heavy (non-hydrogen) atoms. The van der Waals surface area contributed by atoms with Crippen molar-refractivity contribution in [3.05, 3.63) is 77.4 Å². The molecule has 314 valence electrons. The number of amides is 4. The van der Waals surface area contributed by atoms with Gasteiger partial charge in [-0.2, -0.15) is 18.4 Å². The molecule has 4 amide bonds. The second-order valence-corrected chi connectivity index (χ2v) is 16.2. The Morgan fingerprint density at radius 3 is 2.37 bits per heavy atom. The predicted octanol–water partition coefficient (Wildman–Crippen LogP) is 5.61. The van der Waals surface area contributed by atoms with Gasteiger partial charge in [0.1, 0.15) is 23.9 Å². The number of rotatable bonds is 12. The Morgan fingerprint density at radius 1 is 1.02 bits per heavy atom. The highest BCUT2D eigenvalue weighted by molar-refractivity contribution is 7.81. The number of piperazine rings is 1. The summed E-state index contributed by atoms with van der Waals surface area (Å²) in [5.41, 5.74) is -0.955. The first-order chi connectivity index (χ1) is 27.9. The fourth-order valence-corrected chi connectivity index (χ4v) is 8.75. The molecule has 3 heterocycles. The number of imide groups is 1. The highest BCUT2D eigenvalue weighted by Gasteiger charge is 2.52. The van der Waals surface area contributed by atoms with Crippen LogP contribution in [0.25, 0.3) is 0 Å². The molecule has 0 aromatic heterocycles. The van der Waals surface area contributed by atoms with E-state index in [9.17, 15) is 37.6 Å². The molecule has 0 radical (unpaired) electrons. The molecule has 3 aromatic carbocycles. The van der Waals surface area contributed by atoms with Gasteiger partial charge in [0, 0.05) is 60.9 Å². The summed E-state index contributed by atoms with van der Waals surface area (Å²) in [5, 5.41) is 17.7. The summed E-state index contributed by atoms with van der Waals surface area (Å²) in [7, 11) is 0. The van der Waals surface area contributed by atoms with Crippen molar-refractivity contribution < 1.29 is 37.1 Å². The number of nitriles is 1. The lowest BCUT2D eigenvalue weighted by atomic mass is 10.0. The van der Waals surface area contributed by atoms with E-state index in [0.717, 1.165) is 30.8 Å². The summed E-state index contributed by atoms with van der Waals surface area (Å²) in [5.74, 6) is -0.565. The number of nitrogens with one attached hydrogen (secondary N) is 3. The van der Waals surface area contributed by atoms with Crippen LogP contribution in [0.2, 0.25) is 0 Å². The standard InChI is InChI=1S/C42H49F3N8O5S/c1-6-27-18-32(53-40(59)52(39(57)41(53,4)5)31-11-10-28(21-46)33(20-31)42(43,44)45)12-14-35(27)58-17-16-50-22-25(2)51(26(3)23-50)24-37(55)48-30-9-7-8-29(19-30)47-34-13-15-36(54)49-38(34)56/h7-12,14,18-20,25-26,34,40,47,59H,6,13,15-17,22-24H2,1-5H3,(H,48,55)(H,49,54,56)/t25-,26+,34?,40?. The maximum atomic E-state index is 13.8. The van der Waals surface area contributed by atoms with Gasteiger partial charge in [0.15, 0.2) is 5.50 Å². The van der Waals surface area contributed by atoms with Crippen molar-refractivity contribution in [2.24, 2.45) is 0 Å². The molecule has 0 bridgehead atoms. The van der Waals surface area contributed by atoms with Crippen LogP contribution in [-0.2, 0) is 31.8 Å². The van der Waals surface area contributed by atoms with Crippen LogP contribution in [0.15, 0.2) is 60.7 Å². The third kappa shape index (κ3) is 9.45. The Hall–Kier alpha value is -5.31. The lowest BCUT2D eigenvalue weighted by molar-refractivity contribution is -0.138. The van der Waals surface area contributed by atoms with Crippen molar-refractivity contribution in [3.8, 4) is 11.8 Å². The number of hydrogen-bond donors (Lipinski definition) is 4. The number of piperidine rings is 1. The second-order valence-electron chi connectivity index (χ2n) is 15.7. The summed E-state index contributed by atoms with van der Waals surface area (Å²) < 4.78 is 47.7. The molecule has 4 atom stereocenters.